The maximum absolute atomic E-state index is 14.8. The smallest absolute Gasteiger partial charge is 0.414 e. The van der Waals surface area contributed by atoms with Gasteiger partial charge < -0.3 is 30.7 Å². The minimum atomic E-state index is -0.663. The lowest BCUT2D eigenvalue weighted by Gasteiger charge is -2.36. The van der Waals surface area contributed by atoms with Gasteiger partial charge in [-0.15, -0.1) is 0 Å². The van der Waals surface area contributed by atoms with E-state index in [4.69, 9.17) is 15.6 Å². The quantitative estimate of drug-likeness (QED) is 0.549. The molecule has 2 fully saturated rings. The second kappa shape index (κ2) is 9.26. The number of aliphatic hydroxyl groups is 1. The van der Waals surface area contributed by atoms with Gasteiger partial charge in [0.1, 0.15) is 18.5 Å². The molecule has 11 heteroatoms. The lowest BCUT2D eigenvalue weighted by Crippen LogP contribution is -2.49. The fourth-order valence-corrected chi connectivity index (χ4v) is 3.43. The van der Waals surface area contributed by atoms with Crippen LogP contribution in [0.25, 0.3) is 0 Å². The molecule has 0 saturated carbocycles. The average molecular weight is 423 g/mol. The molecule has 2 saturated heterocycles. The van der Waals surface area contributed by atoms with Gasteiger partial charge in [-0.3, -0.25) is 14.5 Å². The summed E-state index contributed by atoms with van der Waals surface area (Å²) in [6.45, 7) is 2.99. The zero-order valence-electron chi connectivity index (χ0n) is 16.7. The topological polar surface area (TPSA) is 128 Å². The van der Waals surface area contributed by atoms with Crippen molar-refractivity contribution in [1.82, 2.24) is 10.2 Å². The van der Waals surface area contributed by atoms with E-state index >= 15 is 0 Å². The molecule has 0 aliphatic carbocycles. The summed E-state index contributed by atoms with van der Waals surface area (Å²) in [5.74, 6) is -1.18. The van der Waals surface area contributed by atoms with Crippen molar-refractivity contribution in [3.63, 3.8) is 0 Å². The number of anilines is 2. The average Bonchev–Trinajstić information content (AvgIpc) is 3.12. The molecule has 0 bridgehead atoms. The van der Waals surface area contributed by atoms with Crippen LogP contribution in [0.2, 0.25) is 0 Å². The summed E-state index contributed by atoms with van der Waals surface area (Å²) >= 11 is 0. The van der Waals surface area contributed by atoms with E-state index < -0.39 is 30.7 Å². The molecule has 0 spiro atoms. The first-order chi connectivity index (χ1) is 14.3. The van der Waals surface area contributed by atoms with Crippen LogP contribution in [0, 0.1) is 5.82 Å². The first-order valence-electron chi connectivity index (χ1n) is 9.74. The Morgan fingerprint density at radius 1 is 1.33 bits per heavy atom. The predicted molar refractivity (Wildman–Crippen MR) is 107 cm³/mol. The zero-order chi connectivity index (χ0) is 21.8. The van der Waals surface area contributed by atoms with Crippen LogP contribution in [-0.2, 0) is 14.3 Å². The third kappa shape index (κ3) is 4.79. The fraction of sp³-hybridized carbons (Fsp3) is 0.526. The van der Waals surface area contributed by atoms with Crippen LogP contribution in [-0.4, -0.2) is 85.9 Å². The number of aliphatic hydroxyl groups excluding tert-OH is 1. The zero-order valence-corrected chi connectivity index (χ0v) is 16.7. The van der Waals surface area contributed by atoms with Gasteiger partial charge in [-0.2, -0.15) is 0 Å². The molecule has 4 N–H and O–H groups in total. The number of ether oxygens (including phenoxy) is 1. The van der Waals surface area contributed by atoms with Crippen LogP contribution < -0.4 is 20.9 Å². The number of carbonyl (C=O) groups excluding carboxylic acids is 3. The van der Waals surface area contributed by atoms with E-state index in [2.05, 4.69) is 5.32 Å². The van der Waals surface area contributed by atoms with Crippen LogP contribution in [0.1, 0.15) is 6.92 Å². The van der Waals surface area contributed by atoms with Crippen LogP contribution in [0.15, 0.2) is 18.2 Å². The monoisotopic (exact) mass is 423 g/mol. The maximum atomic E-state index is 14.8. The molecule has 2 aliphatic rings. The summed E-state index contributed by atoms with van der Waals surface area (Å²) in [7, 11) is 0. The molecule has 3 rings (SSSR count). The van der Waals surface area contributed by atoms with Crippen molar-refractivity contribution < 1.29 is 28.6 Å². The minimum absolute atomic E-state index is 0.125. The highest BCUT2D eigenvalue weighted by Crippen LogP contribution is 2.28. The van der Waals surface area contributed by atoms with E-state index in [1.807, 2.05) is 4.90 Å². The summed E-state index contributed by atoms with van der Waals surface area (Å²) < 4.78 is 20.0. The number of hydrogen-bond donors (Lipinski definition) is 3. The molecule has 10 nitrogen and oxygen atoms in total. The Bertz CT molecular complexity index is 813. The minimum Gasteiger partial charge on any atom is -0.442 e. The van der Waals surface area contributed by atoms with E-state index in [0.717, 1.165) is 0 Å². The van der Waals surface area contributed by atoms with Gasteiger partial charge in [0.15, 0.2) is 0 Å². The van der Waals surface area contributed by atoms with E-state index in [0.29, 0.717) is 37.6 Å². The third-order valence-corrected chi connectivity index (χ3v) is 5.14. The van der Waals surface area contributed by atoms with Crippen molar-refractivity contribution >= 4 is 29.3 Å². The molecule has 1 unspecified atom stereocenters. The number of halogens is 1. The molecule has 164 valence electrons. The van der Waals surface area contributed by atoms with Crippen molar-refractivity contribution in [2.45, 2.75) is 19.1 Å². The van der Waals surface area contributed by atoms with Gasteiger partial charge in [-0.25, -0.2) is 9.18 Å². The Hall–Kier alpha value is -2.92. The molecular weight excluding hydrogens is 397 g/mol. The fourth-order valence-electron chi connectivity index (χ4n) is 3.43. The van der Waals surface area contributed by atoms with Crippen LogP contribution >= 0.6 is 0 Å². The number of cyclic esters (lactones) is 1. The van der Waals surface area contributed by atoms with Gasteiger partial charge in [0.25, 0.3) is 0 Å². The molecule has 30 heavy (non-hydrogen) atoms. The van der Waals surface area contributed by atoms with E-state index in [9.17, 15) is 18.8 Å². The third-order valence-electron chi connectivity index (χ3n) is 5.14. The lowest BCUT2D eigenvalue weighted by molar-refractivity contribution is -0.134. The Morgan fingerprint density at radius 3 is 2.63 bits per heavy atom. The maximum Gasteiger partial charge on any atom is 0.414 e. The van der Waals surface area contributed by atoms with Crippen LogP contribution in [0.4, 0.5) is 20.6 Å². The normalized spacial score (nSPS) is 20.2. The number of amides is 3. The summed E-state index contributed by atoms with van der Waals surface area (Å²) in [5.41, 5.74) is 6.22. The number of nitrogens with two attached hydrogens (primary N) is 1. The van der Waals surface area contributed by atoms with Gasteiger partial charge in [-0.05, 0) is 25.1 Å². The highest BCUT2D eigenvalue weighted by molar-refractivity contribution is 5.90. The summed E-state index contributed by atoms with van der Waals surface area (Å²) in [4.78, 5) is 39.9. The Morgan fingerprint density at radius 2 is 2.03 bits per heavy atom. The molecule has 0 aromatic heterocycles. The Kier molecular flexibility index (Phi) is 6.73. The van der Waals surface area contributed by atoms with Gasteiger partial charge in [0, 0.05) is 26.2 Å². The lowest BCUT2D eigenvalue weighted by atomic mass is 10.2. The number of piperazine rings is 1. The van der Waals surface area contributed by atoms with Gasteiger partial charge >= 0.3 is 6.09 Å². The summed E-state index contributed by atoms with van der Waals surface area (Å²) in [6, 6.07) is 3.83. The van der Waals surface area contributed by atoms with E-state index in [1.165, 1.54) is 15.9 Å². The number of carbonyl (C=O) groups is 3. The molecule has 3 amide bonds. The van der Waals surface area contributed by atoms with Gasteiger partial charge in [-0.1, -0.05) is 0 Å². The SMILES string of the molecule is CC(N)C(=O)NC[C@@H]1CN(c2ccc(N3CCN(C(=O)CO)CC3)c(F)c2)C(=O)O1. The predicted octanol–water partition coefficient (Wildman–Crippen LogP) is -0.745. The standard InChI is InChI=1S/C19H26FN5O5/c1-12(21)18(28)22-9-14-10-25(19(29)30-14)13-2-3-16(15(20)8-13)23-4-6-24(7-5-23)17(27)11-26/h2-3,8,12,14,26H,4-7,9-11,21H2,1H3,(H,22,28)/t12?,14-/m1/s1. The number of nitrogens with one attached hydrogen (secondary N) is 1. The number of nitrogens with zero attached hydrogens (tertiary/aromatic N) is 3. The second-order valence-electron chi connectivity index (χ2n) is 7.31. The van der Waals surface area contributed by atoms with E-state index in [1.54, 1.807) is 19.1 Å². The van der Waals surface area contributed by atoms with Crippen molar-refractivity contribution in [3.05, 3.63) is 24.0 Å². The highest BCUT2D eigenvalue weighted by Gasteiger charge is 2.33. The Labute approximate surface area is 173 Å². The summed E-state index contributed by atoms with van der Waals surface area (Å²) in [6.07, 6.45) is -1.17. The largest absolute Gasteiger partial charge is 0.442 e. The second-order valence-corrected chi connectivity index (χ2v) is 7.31. The first-order valence-corrected chi connectivity index (χ1v) is 9.74. The van der Waals surface area contributed by atoms with Gasteiger partial charge in [0.2, 0.25) is 11.8 Å². The highest BCUT2D eigenvalue weighted by atomic mass is 19.1. The van der Waals surface area contributed by atoms with E-state index in [-0.39, 0.29) is 24.9 Å². The molecule has 2 aliphatic heterocycles. The van der Waals surface area contributed by atoms with Crippen LogP contribution in [0.5, 0.6) is 0 Å². The molecule has 2 heterocycles. The Balaban J connectivity index is 1.61. The molecule has 1 aromatic carbocycles. The van der Waals surface area contributed by atoms with Crippen molar-refractivity contribution in [1.29, 1.82) is 0 Å². The summed E-state index contributed by atoms with van der Waals surface area (Å²) in [5, 5.41) is 11.5. The van der Waals surface area contributed by atoms with Crippen molar-refractivity contribution in [3.8, 4) is 0 Å². The van der Waals surface area contributed by atoms with Crippen LogP contribution in [0.3, 0.4) is 0 Å². The van der Waals surface area contributed by atoms with Crippen molar-refractivity contribution in [2.24, 2.45) is 5.73 Å². The molecular formula is C19H26FN5O5. The molecule has 0 radical (unpaired) electrons. The number of rotatable bonds is 6. The number of benzene rings is 1. The first kappa shape index (κ1) is 21.8. The molecule has 2 atom stereocenters. The van der Waals surface area contributed by atoms with Gasteiger partial charge in [0.05, 0.1) is 30.5 Å². The molecule has 1 aromatic rings. The van der Waals surface area contributed by atoms with Crippen molar-refractivity contribution in [2.75, 3.05) is 55.7 Å². The number of hydrogen-bond acceptors (Lipinski definition) is 7.